The Balaban J connectivity index is 1.56. The summed E-state index contributed by atoms with van der Waals surface area (Å²) >= 11 is 0. The van der Waals surface area contributed by atoms with Crippen LogP contribution in [-0.2, 0) is 11.8 Å². The van der Waals surface area contributed by atoms with E-state index in [1.54, 1.807) is 13.3 Å². The van der Waals surface area contributed by atoms with Gasteiger partial charge in [-0.05, 0) is 18.2 Å². The molecule has 31 heavy (non-hydrogen) atoms. The van der Waals surface area contributed by atoms with Gasteiger partial charge in [0.15, 0.2) is 0 Å². The highest BCUT2D eigenvalue weighted by Gasteiger charge is 2.17. The fraction of sp³-hybridized carbons (Fsp3) is 0.273. The molecule has 0 bridgehead atoms. The van der Waals surface area contributed by atoms with Crippen molar-refractivity contribution in [1.29, 1.82) is 0 Å². The lowest BCUT2D eigenvalue weighted by atomic mass is 10.1. The summed E-state index contributed by atoms with van der Waals surface area (Å²) in [5, 5.41) is 3.36. The molecule has 1 N–H and O–H groups in total. The molecule has 1 aliphatic heterocycles. The maximum absolute atomic E-state index is 5.49. The summed E-state index contributed by atoms with van der Waals surface area (Å²) in [6.07, 6.45) is 3.51. The van der Waals surface area contributed by atoms with Gasteiger partial charge in [-0.25, -0.2) is 15.0 Å². The smallest absolute Gasteiger partial charge is 0.228 e. The fourth-order valence-corrected chi connectivity index (χ4v) is 3.59. The molecule has 0 radical (unpaired) electrons. The second-order valence-electron chi connectivity index (χ2n) is 7.31. The number of imidazole rings is 1. The highest BCUT2D eigenvalue weighted by molar-refractivity contribution is 5.82. The molecule has 5 rings (SSSR count). The SMILES string of the molecule is COc1cc(Nc2cc(-c3ccc4c(c3)ncn4C)nc(N3CCOCC3)n2)ccn1. The lowest BCUT2D eigenvalue weighted by Gasteiger charge is -2.27. The summed E-state index contributed by atoms with van der Waals surface area (Å²) in [7, 11) is 3.58. The molecule has 1 aromatic carbocycles. The highest BCUT2D eigenvalue weighted by Crippen LogP contribution is 2.28. The second-order valence-corrected chi connectivity index (χ2v) is 7.31. The molecule has 3 aromatic heterocycles. The van der Waals surface area contributed by atoms with E-state index in [-0.39, 0.29) is 0 Å². The van der Waals surface area contributed by atoms with E-state index >= 15 is 0 Å². The molecule has 0 aliphatic carbocycles. The van der Waals surface area contributed by atoms with E-state index in [4.69, 9.17) is 19.4 Å². The molecule has 1 fully saturated rings. The summed E-state index contributed by atoms with van der Waals surface area (Å²) in [5.41, 5.74) is 4.66. The van der Waals surface area contributed by atoms with Crippen LogP contribution in [0.3, 0.4) is 0 Å². The van der Waals surface area contributed by atoms with E-state index in [0.29, 0.717) is 30.9 Å². The first-order valence-electron chi connectivity index (χ1n) is 10.1. The monoisotopic (exact) mass is 417 g/mol. The Kier molecular flexibility index (Phi) is 5.09. The molecule has 1 aliphatic rings. The topological polar surface area (TPSA) is 90.2 Å². The second kappa shape index (κ2) is 8.19. The van der Waals surface area contributed by atoms with Crippen molar-refractivity contribution in [2.24, 2.45) is 7.05 Å². The maximum atomic E-state index is 5.49. The Bertz CT molecular complexity index is 1220. The number of rotatable bonds is 5. The quantitative estimate of drug-likeness (QED) is 0.530. The molecule has 0 spiro atoms. The molecular formula is C22H23N7O2. The van der Waals surface area contributed by atoms with Gasteiger partial charge in [0.05, 0.1) is 43.4 Å². The predicted molar refractivity (Wildman–Crippen MR) is 119 cm³/mol. The van der Waals surface area contributed by atoms with Gasteiger partial charge in [-0.3, -0.25) is 0 Å². The Labute approximate surface area is 179 Å². The lowest BCUT2D eigenvalue weighted by molar-refractivity contribution is 0.122. The van der Waals surface area contributed by atoms with Gasteiger partial charge in [0, 0.05) is 49.7 Å². The standard InChI is InChI=1S/C22H23N7O2/c1-28-14-24-18-11-15(3-4-19(18)28)17-13-20(25-16-5-6-23-21(12-16)30-2)27-22(26-17)29-7-9-31-10-8-29/h3-6,11-14H,7-10H2,1-2H3,(H,23,25,26,27). The normalized spacial score (nSPS) is 14.1. The number of benzene rings is 1. The van der Waals surface area contributed by atoms with Gasteiger partial charge in [0.25, 0.3) is 0 Å². The van der Waals surface area contributed by atoms with Gasteiger partial charge in [-0.1, -0.05) is 6.07 Å². The summed E-state index contributed by atoms with van der Waals surface area (Å²) in [6.45, 7) is 2.84. The number of ether oxygens (including phenoxy) is 2. The third-order valence-corrected chi connectivity index (χ3v) is 5.25. The molecule has 0 atom stereocenters. The number of morpholine rings is 1. The number of aromatic nitrogens is 5. The molecule has 0 amide bonds. The molecule has 9 nitrogen and oxygen atoms in total. The lowest BCUT2D eigenvalue weighted by Crippen LogP contribution is -2.37. The summed E-state index contributed by atoms with van der Waals surface area (Å²) in [6, 6.07) is 11.8. The van der Waals surface area contributed by atoms with Crippen LogP contribution in [0.4, 0.5) is 17.5 Å². The molecule has 1 saturated heterocycles. The van der Waals surface area contributed by atoms with Crippen molar-refractivity contribution in [2.75, 3.05) is 43.6 Å². The molecule has 4 heterocycles. The average molecular weight is 417 g/mol. The number of hydrogen-bond acceptors (Lipinski definition) is 8. The van der Waals surface area contributed by atoms with Crippen molar-refractivity contribution < 1.29 is 9.47 Å². The van der Waals surface area contributed by atoms with E-state index in [9.17, 15) is 0 Å². The third-order valence-electron chi connectivity index (χ3n) is 5.25. The van der Waals surface area contributed by atoms with Crippen molar-refractivity contribution >= 4 is 28.5 Å². The number of anilines is 3. The molecular weight excluding hydrogens is 394 g/mol. The van der Waals surface area contributed by atoms with Crippen molar-refractivity contribution in [1.82, 2.24) is 24.5 Å². The van der Waals surface area contributed by atoms with Gasteiger partial charge in [-0.15, -0.1) is 0 Å². The van der Waals surface area contributed by atoms with Crippen molar-refractivity contribution in [3.05, 3.63) is 48.9 Å². The van der Waals surface area contributed by atoms with Crippen molar-refractivity contribution in [2.45, 2.75) is 0 Å². The fourth-order valence-electron chi connectivity index (χ4n) is 3.59. The largest absolute Gasteiger partial charge is 0.481 e. The number of methoxy groups -OCH3 is 1. The van der Waals surface area contributed by atoms with Gasteiger partial charge in [0.1, 0.15) is 5.82 Å². The minimum atomic E-state index is 0.535. The Morgan fingerprint density at radius 1 is 1.03 bits per heavy atom. The number of hydrogen-bond donors (Lipinski definition) is 1. The molecule has 158 valence electrons. The number of nitrogens with one attached hydrogen (secondary N) is 1. The zero-order valence-corrected chi connectivity index (χ0v) is 17.4. The van der Waals surface area contributed by atoms with E-state index in [1.807, 2.05) is 36.1 Å². The first kappa shape index (κ1) is 19.3. The number of nitrogens with zero attached hydrogens (tertiary/aromatic N) is 6. The first-order valence-corrected chi connectivity index (χ1v) is 10.1. The van der Waals surface area contributed by atoms with Crippen LogP contribution in [0.25, 0.3) is 22.3 Å². The Hall–Kier alpha value is -3.72. The molecule has 0 unspecified atom stereocenters. The van der Waals surface area contributed by atoms with Crippen LogP contribution in [0.15, 0.2) is 48.9 Å². The van der Waals surface area contributed by atoms with E-state index in [2.05, 4.69) is 38.4 Å². The van der Waals surface area contributed by atoms with E-state index in [0.717, 1.165) is 41.1 Å². The summed E-state index contributed by atoms with van der Waals surface area (Å²) in [4.78, 5) is 20.4. The van der Waals surface area contributed by atoms with Gasteiger partial charge in [-0.2, -0.15) is 4.98 Å². The predicted octanol–water partition coefficient (Wildman–Crippen LogP) is 3.01. The minimum Gasteiger partial charge on any atom is -0.481 e. The van der Waals surface area contributed by atoms with E-state index < -0.39 is 0 Å². The van der Waals surface area contributed by atoms with Crippen LogP contribution in [0.2, 0.25) is 0 Å². The van der Waals surface area contributed by atoms with Crippen LogP contribution < -0.4 is 15.0 Å². The zero-order chi connectivity index (χ0) is 21.2. The van der Waals surface area contributed by atoms with Gasteiger partial charge < -0.3 is 24.3 Å². The first-order chi connectivity index (χ1) is 15.2. The van der Waals surface area contributed by atoms with Crippen LogP contribution >= 0.6 is 0 Å². The molecule has 9 heteroatoms. The maximum Gasteiger partial charge on any atom is 0.228 e. The van der Waals surface area contributed by atoms with E-state index in [1.165, 1.54) is 0 Å². The van der Waals surface area contributed by atoms with Crippen LogP contribution in [0, 0.1) is 0 Å². The number of aryl methyl sites for hydroxylation is 1. The van der Waals surface area contributed by atoms with Gasteiger partial charge >= 0.3 is 0 Å². The zero-order valence-electron chi connectivity index (χ0n) is 17.4. The Morgan fingerprint density at radius 2 is 1.90 bits per heavy atom. The molecule has 0 saturated carbocycles. The Morgan fingerprint density at radius 3 is 2.74 bits per heavy atom. The van der Waals surface area contributed by atoms with Crippen LogP contribution in [0.5, 0.6) is 5.88 Å². The minimum absolute atomic E-state index is 0.535. The summed E-state index contributed by atoms with van der Waals surface area (Å²) < 4.78 is 12.7. The number of fused-ring (bicyclic) bond motifs is 1. The highest BCUT2D eigenvalue weighted by atomic mass is 16.5. The molecule has 4 aromatic rings. The van der Waals surface area contributed by atoms with Crippen molar-refractivity contribution in [3.63, 3.8) is 0 Å². The van der Waals surface area contributed by atoms with Crippen LogP contribution in [-0.4, -0.2) is 57.9 Å². The van der Waals surface area contributed by atoms with Crippen LogP contribution in [0.1, 0.15) is 0 Å². The van der Waals surface area contributed by atoms with Gasteiger partial charge in [0.2, 0.25) is 11.8 Å². The van der Waals surface area contributed by atoms with Crippen molar-refractivity contribution in [3.8, 4) is 17.1 Å². The summed E-state index contributed by atoms with van der Waals surface area (Å²) in [5.74, 6) is 1.90. The third kappa shape index (κ3) is 3.99. The number of pyridine rings is 1. The average Bonchev–Trinajstić information content (AvgIpc) is 3.19.